The van der Waals surface area contributed by atoms with Gasteiger partial charge in [0.05, 0.1) is 18.2 Å². The molecular formula is C24H21N3O4. The third-order valence-electron chi connectivity index (χ3n) is 5.42. The number of nitrogens with zero attached hydrogens (tertiary/aromatic N) is 2. The van der Waals surface area contributed by atoms with E-state index in [0.717, 1.165) is 15.7 Å². The summed E-state index contributed by atoms with van der Waals surface area (Å²) < 4.78 is 5.67. The molecule has 0 aliphatic carbocycles. The second kappa shape index (κ2) is 8.09. The number of nitrogens with one attached hydrogen (secondary N) is 1. The van der Waals surface area contributed by atoms with Gasteiger partial charge >= 0.3 is 6.03 Å². The molecular weight excluding hydrogens is 394 g/mol. The quantitative estimate of drug-likeness (QED) is 0.603. The third kappa shape index (κ3) is 3.93. The number of amides is 3. The smallest absolute Gasteiger partial charge is 0.325 e. The van der Waals surface area contributed by atoms with Gasteiger partial charge in [0.2, 0.25) is 0 Å². The van der Waals surface area contributed by atoms with Crippen molar-refractivity contribution in [2.24, 2.45) is 0 Å². The van der Waals surface area contributed by atoms with Crippen LogP contribution in [0, 0.1) is 11.3 Å². The molecule has 2 N–H and O–H groups in total. The first-order valence-electron chi connectivity index (χ1n) is 9.85. The highest BCUT2D eigenvalue weighted by Gasteiger charge is 2.49. The molecule has 3 aromatic carbocycles. The average Bonchev–Trinajstić information content (AvgIpc) is 3.01. The van der Waals surface area contributed by atoms with E-state index in [0.29, 0.717) is 16.9 Å². The summed E-state index contributed by atoms with van der Waals surface area (Å²) in [4.78, 5) is 26.4. The van der Waals surface area contributed by atoms with E-state index in [9.17, 15) is 14.7 Å². The van der Waals surface area contributed by atoms with Crippen molar-refractivity contribution in [1.29, 1.82) is 5.26 Å². The van der Waals surface area contributed by atoms with Crippen molar-refractivity contribution in [2.75, 3.05) is 13.2 Å². The van der Waals surface area contributed by atoms with Crippen LogP contribution in [0.3, 0.4) is 0 Å². The molecule has 2 atom stereocenters. The molecule has 1 aliphatic rings. The summed E-state index contributed by atoms with van der Waals surface area (Å²) >= 11 is 0. The molecule has 1 fully saturated rings. The van der Waals surface area contributed by atoms with E-state index in [2.05, 4.69) is 5.32 Å². The lowest BCUT2D eigenvalue weighted by Gasteiger charge is -2.23. The van der Waals surface area contributed by atoms with Crippen LogP contribution in [0.25, 0.3) is 10.8 Å². The summed E-state index contributed by atoms with van der Waals surface area (Å²) in [7, 11) is 0. The van der Waals surface area contributed by atoms with E-state index < -0.39 is 23.6 Å². The van der Waals surface area contributed by atoms with E-state index >= 15 is 0 Å². The van der Waals surface area contributed by atoms with Crippen LogP contribution in [-0.4, -0.2) is 41.2 Å². The predicted octanol–water partition coefficient (Wildman–Crippen LogP) is 2.92. The second-order valence-corrected chi connectivity index (χ2v) is 7.63. The topological polar surface area (TPSA) is 103 Å². The van der Waals surface area contributed by atoms with E-state index in [-0.39, 0.29) is 13.2 Å². The maximum Gasteiger partial charge on any atom is 0.325 e. The van der Waals surface area contributed by atoms with Crippen LogP contribution in [0.1, 0.15) is 18.1 Å². The number of hydrogen-bond donors (Lipinski definition) is 2. The first kappa shape index (κ1) is 20.4. The molecule has 1 heterocycles. The summed E-state index contributed by atoms with van der Waals surface area (Å²) in [6.07, 6.45) is -1.05. The largest absolute Gasteiger partial charge is 0.491 e. The fourth-order valence-electron chi connectivity index (χ4n) is 3.65. The summed E-state index contributed by atoms with van der Waals surface area (Å²) in [5.74, 6) is 0.129. The Morgan fingerprint density at radius 1 is 1.10 bits per heavy atom. The van der Waals surface area contributed by atoms with Gasteiger partial charge in [0.15, 0.2) is 0 Å². The first-order valence-corrected chi connectivity index (χ1v) is 9.85. The van der Waals surface area contributed by atoms with Crippen LogP contribution in [0.4, 0.5) is 4.79 Å². The van der Waals surface area contributed by atoms with Crippen molar-refractivity contribution in [3.8, 4) is 11.8 Å². The summed E-state index contributed by atoms with van der Waals surface area (Å²) in [5.41, 5.74) is -0.235. The Bertz CT molecular complexity index is 1190. The van der Waals surface area contributed by atoms with Gasteiger partial charge in [-0.2, -0.15) is 5.26 Å². The van der Waals surface area contributed by atoms with Gasteiger partial charge in [-0.25, -0.2) is 4.79 Å². The Hall–Kier alpha value is -3.89. The lowest BCUT2D eigenvalue weighted by molar-refractivity contribution is -0.132. The monoisotopic (exact) mass is 415 g/mol. The van der Waals surface area contributed by atoms with Gasteiger partial charge in [-0.1, -0.05) is 42.5 Å². The molecule has 3 amide bonds. The minimum atomic E-state index is -1.26. The normalized spacial score (nSPS) is 19.2. The zero-order valence-corrected chi connectivity index (χ0v) is 16.9. The molecule has 7 nitrogen and oxygen atoms in total. The highest BCUT2D eigenvalue weighted by molar-refractivity contribution is 6.07. The number of benzene rings is 3. The van der Waals surface area contributed by atoms with E-state index in [1.165, 1.54) is 0 Å². The van der Waals surface area contributed by atoms with Gasteiger partial charge < -0.3 is 15.2 Å². The highest BCUT2D eigenvalue weighted by Crippen LogP contribution is 2.29. The van der Waals surface area contributed by atoms with Crippen LogP contribution in [0.15, 0.2) is 66.7 Å². The molecule has 156 valence electrons. The molecule has 3 aromatic rings. The fraction of sp³-hybridized carbons (Fsp3) is 0.208. The van der Waals surface area contributed by atoms with Crippen LogP contribution < -0.4 is 10.1 Å². The van der Waals surface area contributed by atoms with Gasteiger partial charge in [0.25, 0.3) is 5.91 Å². The van der Waals surface area contributed by atoms with Crippen molar-refractivity contribution in [2.45, 2.75) is 18.6 Å². The van der Waals surface area contributed by atoms with Crippen molar-refractivity contribution in [3.63, 3.8) is 0 Å². The number of carbonyl (C=O) groups excluding carboxylic acids is 2. The van der Waals surface area contributed by atoms with Crippen molar-refractivity contribution < 1.29 is 19.4 Å². The number of β-amino-alcohol motifs (C(OH)–C–C–N with tert-alkyl or cyclic N) is 1. The maximum atomic E-state index is 13.0. The van der Waals surface area contributed by atoms with Crippen molar-refractivity contribution in [3.05, 3.63) is 77.9 Å². The van der Waals surface area contributed by atoms with Crippen LogP contribution in [0.5, 0.6) is 5.75 Å². The molecule has 1 aliphatic heterocycles. The molecule has 0 aromatic heterocycles. The molecule has 0 spiro atoms. The standard InChI is InChI=1S/C24H21N3O4/c1-24(19-9-6-16(13-25)7-10-19)22(29)27(23(30)26-24)14-20(28)15-31-21-11-8-17-4-2-3-5-18(17)12-21/h2-12,20,28H,14-15H2,1H3,(H,26,30)/t20-,24+/m1/s1. The molecule has 4 rings (SSSR count). The first-order chi connectivity index (χ1) is 14.9. The number of urea groups is 1. The molecule has 1 saturated heterocycles. The zero-order chi connectivity index (χ0) is 22.0. The predicted molar refractivity (Wildman–Crippen MR) is 114 cm³/mol. The number of fused-ring (bicyclic) bond motifs is 1. The summed E-state index contributed by atoms with van der Waals surface area (Å²) in [5, 5.41) is 24.1. The van der Waals surface area contributed by atoms with E-state index in [4.69, 9.17) is 10.00 Å². The number of nitriles is 1. The lowest BCUT2D eigenvalue weighted by atomic mass is 9.91. The Morgan fingerprint density at radius 3 is 2.52 bits per heavy atom. The Kier molecular flexibility index (Phi) is 5.32. The second-order valence-electron chi connectivity index (χ2n) is 7.63. The number of imide groups is 1. The summed E-state index contributed by atoms with van der Waals surface area (Å²) in [6.45, 7) is 1.35. The van der Waals surface area contributed by atoms with Crippen LogP contribution in [-0.2, 0) is 10.3 Å². The lowest BCUT2D eigenvalue weighted by Crippen LogP contribution is -2.42. The molecule has 0 bridgehead atoms. The van der Waals surface area contributed by atoms with Gasteiger partial charge in [-0.3, -0.25) is 9.69 Å². The van der Waals surface area contributed by atoms with Crippen molar-refractivity contribution in [1.82, 2.24) is 10.2 Å². The average molecular weight is 415 g/mol. The summed E-state index contributed by atoms with van der Waals surface area (Å²) in [6, 6.07) is 21.4. The SMILES string of the molecule is C[C@@]1(c2ccc(C#N)cc2)NC(=O)N(C[C@@H](O)COc2ccc3ccccc3c2)C1=O. The highest BCUT2D eigenvalue weighted by atomic mass is 16.5. The van der Waals surface area contributed by atoms with Gasteiger partial charge in [0, 0.05) is 0 Å². The number of hydrogen-bond acceptors (Lipinski definition) is 5. The molecule has 7 heteroatoms. The number of ether oxygens (including phenoxy) is 1. The van der Waals surface area contributed by atoms with Gasteiger partial charge in [-0.15, -0.1) is 0 Å². The number of carbonyl (C=O) groups is 2. The Balaban J connectivity index is 1.41. The van der Waals surface area contributed by atoms with E-state index in [1.54, 1.807) is 31.2 Å². The number of aliphatic hydroxyl groups excluding tert-OH is 1. The third-order valence-corrected chi connectivity index (χ3v) is 5.42. The van der Waals surface area contributed by atoms with E-state index in [1.807, 2.05) is 48.5 Å². The van der Waals surface area contributed by atoms with Gasteiger partial charge in [-0.05, 0) is 47.5 Å². The molecule has 0 unspecified atom stereocenters. The van der Waals surface area contributed by atoms with Crippen LogP contribution in [0.2, 0.25) is 0 Å². The molecule has 0 radical (unpaired) electrons. The fourth-order valence-corrected chi connectivity index (χ4v) is 3.65. The number of rotatable bonds is 6. The maximum absolute atomic E-state index is 13.0. The molecule has 0 saturated carbocycles. The Morgan fingerprint density at radius 2 is 1.81 bits per heavy atom. The number of aliphatic hydroxyl groups is 1. The Labute approximate surface area is 179 Å². The van der Waals surface area contributed by atoms with Crippen molar-refractivity contribution >= 4 is 22.7 Å². The minimum Gasteiger partial charge on any atom is -0.491 e. The van der Waals surface area contributed by atoms with Gasteiger partial charge in [0.1, 0.15) is 24.0 Å². The molecule has 31 heavy (non-hydrogen) atoms. The zero-order valence-electron chi connectivity index (χ0n) is 16.9. The minimum absolute atomic E-state index is 0.0665. The van der Waals surface area contributed by atoms with Crippen LogP contribution >= 0.6 is 0 Å².